The molecule has 2 aliphatic rings. The van der Waals surface area contributed by atoms with Gasteiger partial charge in [-0.3, -0.25) is 0 Å². The Bertz CT molecular complexity index is 413. The topological polar surface area (TPSA) is 47.5 Å². The van der Waals surface area contributed by atoms with E-state index in [2.05, 4.69) is 14.9 Å². The summed E-state index contributed by atoms with van der Waals surface area (Å²) in [6.07, 6.45) is 3.76. The molecule has 1 spiro atoms. The molecule has 2 fully saturated rings. The predicted molar refractivity (Wildman–Crippen MR) is 67.7 cm³/mol. The normalized spacial score (nSPS) is 23.3. The lowest BCUT2D eigenvalue weighted by Gasteiger charge is -2.44. The second-order valence-corrected chi connectivity index (χ2v) is 5.06. The Balaban J connectivity index is 1.77. The number of hydrogen-bond donors (Lipinski definition) is 0. The van der Waals surface area contributed by atoms with Crippen LogP contribution in [0.3, 0.4) is 0 Å². The van der Waals surface area contributed by atoms with Crippen LogP contribution in [0.2, 0.25) is 0 Å². The molecule has 2 saturated heterocycles. The first-order valence-electron chi connectivity index (χ1n) is 6.54. The van der Waals surface area contributed by atoms with Crippen LogP contribution in [0.25, 0.3) is 0 Å². The number of aryl methyl sites for hydroxylation is 1. The van der Waals surface area contributed by atoms with Crippen molar-refractivity contribution in [2.45, 2.75) is 25.4 Å². The standard InChI is InChI=1S/C13H19N3O2/c1-11-2-5-14-12(15-11)16-6-9-18-13(10-16)3-7-17-8-4-13/h2,5H,3-4,6-10H2,1H3. The molecule has 0 aliphatic carbocycles. The molecular formula is C13H19N3O2. The zero-order valence-electron chi connectivity index (χ0n) is 10.8. The van der Waals surface area contributed by atoms with E-state index in [-0.39, 0.29) is 5.60 Å². The van der Waals surface area contributed by atoms with Crippen molar-refractivity contribution in [3.8, 4) is 0 Å². The van der Waals surface area contributed by atoms with Crippen molar-refractivity contribution in [2.24, 2.45) is 0 Å². The predicted octanol–water partition coefficient (Wildman–Crippen LogP) is 1.17. The summed E-state index contributed by atoms with van der Waals surface area (Å²) in [5.74, 6) is 0.823. The van der Waals surface area contributed by atoms with Gasteiger partial charge in [0.2, 0.25) is 5.95 Å². The van der Waals surface area contributed by atoms with E-state index in [1.807, 2.05) is 19.2 Å². The van der Waals surface area contributed by atoms with Crippen LogP contribution >= 0.6 is 0 Å². The molecule has 3 rings (SSSR count). The molecule has 5 nitrogen and oxygen atoms in total. The van der Waals surface area contributed by atoms with Gasteiger partial charge in [0.25, 0.3) is 0 Å². The number of aromatic nitrogens is 2. The summed E-state index contributed by atoms with van der Waals surface area (Å²) in [6, 6.07) is 1.92. The summed E-state index contributed by atoms with van der Waals surface area (Å²) in [5, 5.41) is 0. The summed E-state index contributed by atoms with van der Waals surface area (Å²) in [4.78, 5) is 11.1. The summed E-state index contributed by atoms with van der Waals surface area (Å²) < 4.78 is 11.4. The van der Waals surface area contributed by atoms with Crippen LogP contribution in [0.1, 0.15) is 18.5 Å². The molecule has 0 radical (unpaired) electrons. The Morgan fingerprint density at radius 3 is 2.89 bits per heavy atom. The fourth-order valence-electron chi connectivity index (χ4n) is 2.65. The molecule has 2 aliphatic heterocycles. The molecule has 0 N–H and O–H groups in total. The van der Waals surface area contributed by atoms with Crippen molar-refractivity contribution in [3.63, 3.8) is 0 Å². The maximum absolute atomic E-state index is 6.01. The Hall–Kier alpha value is -1.20. The fraction of sp³-hybridized carbons (Fsp3) is 0.692. The minimum atomic E-state index is -0.0520. The average molecular weight is 249 g/mol. The van der Waals surface area contributed by atoms with Crippen molar-refractivity contribution in [3.05, 3.63) is 18.0 Å². The summed E-state index contributed by atoms with van der Waals surface area (Å²) in [5.41, 5.74) is 0.955. The average Bonchev–Trinajstić information content (AvgIpc) is 2.40. The summed E-state index contributed by atoms with van der Waals surface area (Å²) >= 11 is 0. The second-order valence-electron chi connectivity index (χ2n) is 5.06. The van der Waals surface area contributed by atoms with E-state index in [1.165, 1.54) is 0 Å². The van der Waals surface area contributed by atoms with Gasteiger partial charge >= 0.3 is 0 Å². The minimum Gasteiger partial charge on any atom is -0.381 e. The third kappa shape index (κ3) is 2.33. The molecule has 0 saturated carbocycles. The summed E-state index contributed by atoms with van der Waals surface area (Å²) in [6.45, 7) is 6.07. The van der Waals surface area contributed by atoms with Gasteiger partial charge < -0.3 is 14.4 Å². The van der Waals surface area contributed by atoms with Crippen molar-refractivity contribution in [2.75, 3.05) is 37.8 Å². The van der Waals surface area contributed by atoms with Crippen LogP contribution < -0.4 is 4.90 Å². The lowest BCUT2D eigenvalue weighted by atomic mass is 9.92. The third-order valence-corrected chi connectivity index (χ3v) is 3.72. The quantitative estimate of drug-likeness (QED) is 0.747. The smallest absolute Gasteiger partial charge is 0.225 e. The maximum Gasteiger partial charge on any atom is 0.225 e. The minimum absolute atomic E-state index is 0.0520. The summed E-state index contributed by atoms with van der Waals surface area (Å²) in [7, 11) is 0. The molecular weight excluding hydrogens is 230 g/mol. The highest BCUT2D eigenvalue weighted by molar-refractivity contribution is 5.32. The van der Waals surface area contributed by atoms with E-state index in [4.69, 9.17) is 9.47 Å². The Morgan fingerprint density at radius 2 is 2.11 bits per heavy atom. The molecule has 5 heteroatoms. The first-order valence-corrected chi connectivity index (χ1v) is 6.54. The highest BCUT2D eigenvalue weighted by Crippen LogP contribution is 2.30. The van der Waals surface area contributed by atoms with E-state index < -0.39 is 0 Å². The van der Waals surface area contributed by atoms with Crippen molar-refractivity contribution in [1.82, 2.24) is 9.97 Å². The fourth-order valence-corrected chi connectivity index (χ4v) is 2.65. The number of ether oxygens (including phenoxy) is 2. The van der Waals surface area contributed by atoms with Gasteiger partial charge in [-0.25, -0.2) is 9.97 Å². The van der Waals surface area contributed by atoms with E-state index in [0.717, 1.165) is 57.4 Å². The second kappa shape index (κ2) is 4.82. The highest BCUT2D eigenvalue weighted by Gasteiger charge is 2.38. The van der Waals surface area contributed by atoms with E-state index in [1.54, 1.807) is 0 Å². The molecule has 98 valence electrons. The van der Waals surface area contributed by atoms with E-state index >= 15 is 0 Å². The first kappa shape index (κ1) is 11.9. The van der Waals surface area contributed by atoms with Crippen molar-refractivity contribution in [1.29, 1.82) is 0 Å². The van der Waals surface area contributed by atoms with Crippen LogP contribution in [0.4, 0.5) is 5.95 Å². The van der Waals surface area contributed by atoms with Crippen LogP contribution in [0.5, 0.6) is 0 Å². The van der Waals surface area contributed by atoms with Gasteiger partial charge in [-0.2, -0.15) is 0 Å². The number of rotatable bonds is 1. The number of nitrogens with zero attached hydrogens (tertiary/aromatic N) is 3. The van der Waals surface area contributed by atoms with Gasteiger partial charge in [0.05, 0.1) is 18.8 Å². The van der Waals surface area contributed by atoms with Gasteiger partial charge in [-0.15, -0.1) is 0 Å². The van der Waals surface area contributed by atoms with Crippen LogP contribution in [0, 0.1) is 6.92 Å². The zero-order chi connectivity index (χ0) is 12.4. The molecule has 3 heterocycles. The first-order chi connectivity index (χ1) is 8.77. The molecule has 0 aromatic carbocycles. The van der Waals surface area contributed by atoms with Crippen LogP contribution in [-0.2, 0) is 9.47 Å². The molecule has 0 atom stereocenters. The van der Waals surface area contributed by atoms with E-state index in [0.29, 0.717) is 0 Å². The molecule has 0 unspecified atom stereocenters. The molecule has 1 aromatic heterocycles. The highest BCUT2D eigenvalue weighted by atomic mass is 16.5. The van der Waals surface area contributed by atoms with Gasteiger partial charge in [-0.05, 0) is 13.0 Å². The molecule has 1 aromatic rings. The lowest BCUT2D eigenvalue weighted by Crippen LogP contribution is -2.54. The maximum atomic E-state index is 6.01. The van der Waals surface area contributed by atoms with Gasteiger partial charge in [0.1, 0.15) is 0 Å². The molecule has 18 heavy (non-hydrogen) atoms. The Kier molecular flexibility index (Phi) is 3.18. The molecule has 0 amide bonds. The van der Waals surface area contributed by atoms with Crippen LogP contribution in [-0.4, -0.2) is 48.5 Å². The van der Waals surface area contributed by atoms with E-state index in [9.17, 15) is 0 Å². The van der Waals surface area contributed by atoms with Crippen molar-refractivity contribution >= 4 is 5.95 Å². The van der Waals surface area contributed by atoms with Gasteiger partial charge in [-0.1, -0.05) is 0 Å². The van der Waals surface area contributed by atoms with Crippen LogP contribution in [0.15, 0.2) is 12.3 Å². The van der Waals surface area contributed by atoms with Gasteiger partial charge in [0, 0.05) is 44.5 Å². The van der Waals surface area contributed by atoms with Crippen molar-refractivity contribution < 1.29 is 9.47 Å². The van der Waals surface area contributed by atoms with Gasteiger partial charge in [0.15, 0.2) is 0 Å². The largest absolute Gasteiger partial charge is 0.381 e. The molecule has 0 bridgehead atoms. The number of morpholine rings is 1. The number of hydrogen-bond acceptors (Lipinski definition) is 5. The lowest BCUT2D eigenvalue weighted by molar-refractivity contribution is -0.116. The number of anilines is 1. The SMILES string of the molecule is Cc1ccnc(N2CCOC3(CCOCC3)C2)n1. The Labute approximate surface area is 107 Å². The third-order valence-electron chi connectivity index (χ3n) is 3.72. The zero-order valence-corrected chi connectivity index (χ0v) is 10.8. The Morgan fingerprint density at radius 1 is 1.28 bits per heavy atom. The monoisotopic (exact) mass is 249 g/mol.